The minimum Gasteiger partial charge on any atom is -0.290 e. The number of nitrogens with zero attached hydrogens (tertiary/aromatic N) is 1. The molecule has 0 amide bonds. The lowest BCUT2D eigenvalue weighted by Gasteiger charge is -2.32. The third-order valence-electron chi connectivity index (χ3n) is 2.83. The van der Waals surface area contributed by atoms with Crippen molar-refractivity contribution in [2.24, 2.45) is 0 Å². The molecule has 0 radical (unpaired) electrons. The molecule has 0 saturated carbocycles. The van der Waals surface area contributed by atoms with E-state index in [1.807, 2.05) is 0 Å². The molecule has 2 heteroatoms. The molecule has 1 aliphatic carbocycles. The molecule has 0 fully saturated rings. The molecule has 0 bridgehead atoms. The van der Waals surface area contributed by atoms with Gasteiger partial charge in [-0.25, -0.2) is 4.39 Å². The zero-order chi connectivity index (χ0) is 9.10. The maximum Gasteiger partial charge on any atom is 0.110 e. The zero-order valence-electron chi connectivity index (χ0n) is 7.88. The Morgan fingerprint density at radius 1 is 1.38 bits per heavy atom. The first kappa shape index (κ1) is 8.95. The first-order valence-corrected chi connectivity index (χ1v) is 5.11. The fourth-order valence-corrected chi connectivity index (χ4v) is 2.11. The van der Waals surface area contributed by atoms with E-state index in [4.69, 9.17) is 0 Å². The first-order valence-electron chi connectivity index (χ1n) is 5.11. The predicted octanol–water partition coefficient (Wildman–Crippen LogP) is 2.65. The van der Waals surface area contributed by atoms with Gasteiger partial charge in [0.15, 0.2) is 0 Å². The van der Waals surface area contributed by atoms with Gasteiger partial charge in [0.2, 0.25) is 0 Å². The molecule has 0 spiro atoms. The van der Waals surface area contributed by atoms with Crippen molar-refractivity contribution in [1.29, 1.82) is 0 Å². The molecule has 72 valence electrons. The minimum absolute atomic E-state index is 0.0465. The fourth-order valence-electron chi connectivity index (χ4n) is 2.11. The topological polar surface area (TPSA) is 3.24 Å². The third kappa shape index (κ3) is 2.19. The SMILES string of the molecule is FC1=CCCN(C2C=CCCC2)C1. The average molecular weight is 181 g/mol. The van der Waals surface area contributed by atoms with Crippen molar-refractivity contribution in [1.82, 2.24) is 4.90 Å². The summed E-state index contributed by atoms with van der Waals surface area (Å²) in [7, 11) is 0. The molecule has 0 N–H and O–H groups in total. The van der Waals surface area contributed by atoms with E-state index in [1.165, 1.54) is 19.3 Å². The van der Waals surface area contributed by atoms with E-state index in [2.05, 4.69) is 17.1 Å². The highest BCUT2D eigenvalue weighted by Crippen LogP contribution is 2.20. The van der Waals surface area contributed by atoms with E-state index in [9.17, 15) is 4.39 Å². The summed E-state index contributed by atoms with van der Waals surface area (Å²) >= 11 is 0. The summed E-state index contributed by atoms with van der Waals surface area (Å²) in [6.07, 6.45) is 10.7. The summed E-state index contributed by atoms with van der Waals surface area (Å²) in [5, 5.41) is 0. The van der Waals surface area contributed by atoms with Crippen LogP contribution in [0, 0.1) is 0 Å². The second-order valence-electron chi connectivity index (χ2n) is 3.84. The monoisotopic (exact) mass is 181 g/mol. The molecule has 0 aromatic carbocycles. The van der Waals surface area contributed by atoms with E-state index in [0.29, 0.717) is 12.6 Å². The highest BCUT2D eigenvalue weighted by atomic mass is 19.1. The predicted molar refractivity (Wildman–Crippen MR) is 52.2 cm³/mol. The number of rotatable bonds is 1. The summed E-state index contributed by atoms with van der Waals surface area (Å²) in [5.74, 6) is 0.0465. The maximum absolute atomic E-state index is 13.0. The van der Waals surface area contributed by atoms with Gasteiger partial charge in [0.05, 0.1) is 6.54 Å². The van der Waals surface area contributed by atoms with Crippen molar-refractivity contribution in [3.8, 4) is 0 Å². The first-order chi connectivity index (χ1) is 6.36. The van der Waals surface area contributed by atoms with Crippen LogP contribution in [-0.2, 0) is 0 Å². The van der Waals surface area contributed by atoms with Crippen LogP contribution in [0.5, 0.6) is 0 Å². The Hall–Kier alpha value is -0.630. The molecule has 0 saturated heterocycles. The Labute approximate surface area is 78.9 Å². The van der Waals surface area contributed by atoms with Crippen LogP contribution in [-0.4, -0.2) is 24.0 Å². The Balaban J connectivity index is 1.96. The Bertz CT molecular complexity index is 232. The van der Waals surface area contributed by atoms with Crippen molar-refractivity contribution in [2.75, 3.05) is 13.1 Å². The molecule has 0 aromatic rings. The normalized spacial score (nSPS) is 30.2. The Morgan fingerprint density at radius 3 is 3.00 bits per heavy atom. The second-order valence-corrected chi connectivity index (χ2v) is 3.84. The van der Waals surface area contributed by atoms with Crippen LogP contribution in [0.3, 0.4) is 0 Å². The number of halogens is 1. The molecule has 13 heavy (non-hydrogen) atoms. The standard InChI is InChI=1S/C11H16FN/c12-10-5-4-8-13(9-10)11-6-2-1-3-7-11/h2,5-6,11H,1,3-4,7-9H2. The Morgan fingerprint density at radius 2 is 2.31 bits per heavy atom. The third-order valence-corrected chi connectivity index (χ3v) is 2.83. The van der Waals surface area contributed by atoms with Crippen LogP contribution in [0.15, 0.2) is 24.1 Å². The van der Waals surface area contributed by atoms with E-state index in [1.54, 1.807) is 6.08 Å². The molecule has 1 atom stereocenters. The van der Waals surface area contributed by atoms with Gasteiger partial charge < -0.3 is 0 Å². The molecule has 2 aliphatic rings. The molecular formula is C11H16FN. The van der Waals surface area contributed by atoms with Gasteiger partial charge in [-0.15, -0.1) is 0 Å². The molecule has 1 heterocycles. The van der Waals surface area contributed by atoms with Crippen molar-refractivity contribution in [3.05, 3.63) is 24.1 Å². The summed E-state index contributed by atoms with van der Waals surface area (Å²) in [6, 6.07) is 0.494. The lowest BCUT2D eigenvalue weighted by atomic mass is 10.0. The van der Waals surface area contributed by atoms with E-state index in [0.717, 1.165) is 13.0 Å². The van der Waals surface area contributed by atoms with E-state index in [-0.39, 0.29) is 5.83 Å². The smallest absolute Gasteiger partial charge is 0.110 e. The number of hydrogen-bond acceptors (Lipinski definition) is 1. The van der Waals surface area contributed by atoms with Gasteiger partial charge in [-0.05, 0) is 25.7 Å². The van der Waals surface area contributed by atoms with Crippen molar-refractivity contribution < 1.29 is 4.39 Å². The highest BCUT2D eigenvalue weighted by molar-refractivity contribution is 5.05. The molecular weight excluding hydrogens is 165 g/mol. The van der Waals surface area contributed by atoms with Crippen molar-refractivity contribution in [3.63, 3.8) is 0 Å². The summed E-state index contributed by atoms with van der Waals surface area (Å²) < 4.78 is 13.0. The van der Waals surface area contributed by atoms with Crippen LogP contribution >= 0.6 is 0 Å². The van der Waals surface area contributed by atoms with Gasteiger partial charge in [0.25, 0.3) is 0 Å². The Kier molecular flexibility index (Phi) is 2.79. The highest BCUT2D eigenvalue weighted by Gasteiger charge is 2.20. The van der Waals surface area contributed by atoms with Gasteiger partial charge in [0, 0.05) is 12.6 Å². The van der Waals surface area contributed by atoms with Gasteiger partial charge in [-0.3, -0.25) is 4.90 Å². The van der Waals surface area contributed by atoms with Crippen molar-refractivity contribution >= 4 is 0 Å². The van der Waals surface area contributed by atoms with Gasteiger partial charge in [-0.1, -0.05) is 18.2 Å². The van der Waals surface area contributed by atoms with Crippen LogP contribution in [0.4, 0.5) is 4.39 Å². The summed E-state index contributed by atoms with van der Waals surface area (Å²) in [5.41, 5.74) is 0. The van der Waals surface area contributed by atoms with Crippen LogP contribution in [0.25, 0.3) is 0 Å². The summed E-state index contributed by atoms with van der Waals surface area (Å²) in [6.45, 7) is 1.54. The zero-order valence-corrected chi connectivity index (χ0v) is 7.88. The van der Waals surface area contributed by atoms with Gasteiger partial charge >= 0.3 is 0 Å². The van der Waals surface area contributed by atoms with E-state index < -0.39 is 0 Å². The average Bonchev–Trinajstić information content (AvgIpc) is 2.19. The lowest BCUT2D eigenvalue weighted by Crippen LogP contribution is -2.38. The molecule has 0 aromatic heterocycles. The molecule has 1 unspecified atom stereocenters. The van der Waals surface area contributed by atoms with Crippen LogP contribution < -0.4 is 0 Å². The maximum atomic E-state index is 13.0. The summed E-state index contributed by atoms with van der Waals surface area (Å²) in [4.78, 5) is 2.24. The fraction of sp³-hybridized carbons (Fsp3) is 0.636. The van der Waals surface area contributed by atoms with Crippen LogP contribution in [0.2, 0.25) is 0 Å². The quantitative estimate of drug-likeness (QED) is 0.562. The lowest BCUT2D eigenvalue weighted by molar-refractivity contribution is 0.210. The molecule has 1 aliphatic heterocycles. The molecule has 1 nitrogen and oxygen atoms in total. The molecule has 2 rings (SSSR count). The largest absolute Gasteiger partial charge is 0.290 e. The van der Waals surface area contributed by atoms with Crippen LogP contribution in [0.1, 0.15) is 25.7 Å². The van der Waals surface area contributed by atoms with Gasteiger partial charge in [-0.2, -0.15) is 0 Å². The number of allylic oxidation sites excluding steroid dienone is 1. The second kappa shape index (κ2) is 4.05. The van der Waals surface area contributed by atoms with E-state index >= 15 is 0 Å². The number of hydrogen-bond donors (Lipinski definition) is 0. The minimum atomic E-state index is 0.0465. The van der Waals surface area contributed by atoms with Crippen molar-refractivity contribution in [2.45, 2.75) is 31.7 Å². The van der Waals surface area contributed by atoms with Gasteiger partial charge in [0.1, 0.15) is 5.83 Å².